The van der Waals surface area contributed by atoms with E-state index in [1.165, 1.54) is 19.2 Å². The Hall–Kier alpha value is -2.31. The molecule has 1 heterocycles. The number of anilines is 1. The summed E-state index contributed by atoms with van der Waals surface area (Å²) >= 11 is 0. The molecule has 114 valence electrons. The highest BCUT2D eigenvalue weighted by atomic mass is 16.6. The van der Waals surface area contributed by atoms with Gasteiger partial charge < -0.3 is 15.0 Å². The first-order chi connectivity index (χ1) is 10.0. The number of likely N-dealkylation sites (tertiary alicyclic amines) is 1. The van der Waals surface area contributed by atoms with Crippen molar-refractivity contribution in [1.82, 2.24) is 4.90 Å². The lowest BCUT2D eigenvalue weighted by Gasteiger charge is -2.17. The van der Waals surface area contributed by atoms with Crippen LogP contribution in [0.4, 0.5) is 16.2 Å². The number of methoxy groups -OCH3 is 1. The molecule has 1 unspecified atom stereocenters. The highest BCUT2D eigenvalue weighted by Gasteiger charge is 2.25. The Morgan fingerprint density at radius 3 is 2.90 bits per heavy atom. The molecule has 0 radical (unpaired) electrons. The number of urea groups is 1. The summed E-state index contributed by atoms with van der Waals surface area (Å²) in [4.78, 5) is 24.3. The van der Waals surface area contributed by atoms with Crippen LogP contribution in [0.15, 0.2) is 18.2 Å². The third kappa shape index (κ3) is 3.42. The molecule has 1 N–H and O–H groups in total. The summed E-state index contributed by atoms with van der Waals surface area (Å²) in [7, 11) is 1.37. The van der Waals surface area contributed by atoms with Crippen LogP contribution in [0.5, 0.6) is 5.75 Å². The minimum atomic E-state index is -0.530. The Morgan fingerprint density at radius 2 is 2.33 bits per heavy atom. The Bertz CT molecular complexity index is 547. The van der Waals surface area contributed by atoms with E-state index in [-0.39, 0.29) is 17.5 Å². The first-order valence-electron chi connectivity index (χ1n) is 6.93. The number of amides is 2. The van der Waals surface area contributed by atoms with Gasteiger partial charge in [0.2, 0.25) is 0 Å². The van der Waals surface area contributed by atoms with Crippen LogP contribution >= 0.6 is 0 Å². The van der Waals surface area contributed by atoms with Crippen LogP contribution < -0.4 is 10.1 Å². The van der Waals surface area contributed by atoms with Crippen molar-refractivity contribution in [2.75, 3.05) is 25.5 Å². The summed E-state index contributed by atoms with van der Waals surface area (Å²) in [6, 6.07) is 4.17. The van der Waals surface area contributed by atoms with Crippen molar-refractivity contribution in [3.05, 3.63) is 28.3 Å². The predicted octanol–water partition coefficient (Wildman–Crippen LogP) is 2.87. The van der Waals surface area contributed by atoms with E-state index in [0.717, 1.165) is 25.9 Å². The van der Waals surface area contributed by atoms with Crippen molar-refractivity contribution in [2.24, 2.45) is 5.92 Å². The summed E-state index contributed by atoms with van der Waals surface area (Å²) in [5.74, 6) is 0.714. The fourth-order valence-electron chi connectivity index (χ4n) is 2.46. The SMILES string of the molecule is CCC1CCN(C(=O)Nc2ccc(OC)c([N+](=O)[O-])c2)C1. The molecule has 1 aromatic rings. The van der Waals surface area contributed by atoms with E-state index < -0.39 is 4.92 Å². The maximum absolute atomic E-state index is 12.1. The number of carbonyl (C=O) groups excluding carboxylic acids is 1. The van der Waals surface area contributed by atoms with Gasteiger partial charge in [0.15, 0.2) is 5.75 Å². The molecule has 0 aromatic heterocycles. The lowest BCUT2D eigenvalue weighted by molar-refractivity contribution is -0.385. The minimum absolute atomic E-state index is 0.164. The van der Waals surface area contributed by atoms with Gasteiger partial charge in [-0.3, -0.25) is 10.1 Å². The number of hydrogen-bond acceptors (Lipinski definition) is 4. The van der Waals surface area contributed by atoms with Crippen molar-refractivity contribution in [3.63, 3.8) is 0 Å². The molecule has 2 rings (SSSR count). The monoisotopic (exact) mass is 293 g/mol. The van der Waals surface area contributed by atoms with E-state index in [9.17, 15) is 14.9 Å². The molecule has 2 amide bonds. The second-order valence-electron chi connectivity index (χ2n) is 5.08. The molecule has 1 aliphatic heterocycles. The molecule has 21 heavy (non-hydrogen) atoms. The van der Waals surface area contributed by atoms with Crippen LogP contribution in [-0.2, 0) is 0 Å². The van der Waals surface area contributed by atoms with E-state index in [4.69, 9.17) is 4.74 Å². The Kier molecular flexibility index (Phi) is 4.62. The van der Waals surface area contributed by atoms with Crippen LogP contribution in [0.1, 0.15) is 19.8 Å². The summed E-state index contributed by atoms with van der Waals surface area (Å²) in [5, 5.41) is 13.7. The van der Waals surface area contributed by atoms with E-state index in [1.807, 2.05) is 0 Å². The van der Waals surface area contributed by atoms with Crippen LogP contribution in [0.2, 0.25) is 0 Å². The maximum Gasteiger partial charge on any atom is 0.321 e. The van der Waals surface area contributed by atoms with Crippen molar-refractivity contribution >= 4 is 17.4 Å². The molecular formula is C14H19N3O4. The standard InChI is InChI=1S/C14H19N3O4/c1-3-10-6-7-16(9-10)14(18)15-11-4-5-13(21-2)12(8-11)17(19)20/h4-5,8,10H,3,6-7,9H2,1-2H3,(H,15,18). The van der Waals surface area contributed by atoms with E-state index in [0.29, 0.717) is 11.6 Å². The lowest BCUT2D eigenvalue weighted by atomic mass is 10.1. The van der Waals surface area contributed by atoms with Gasteiger partial charge in [0.1, 0.15) is 0 Å². The molecule has 1 aromatic carbocycles. The summed E-state index contributed by atoms with van der Waals surface area (Å²) in [6.45, 7) is 3.57. The van der Waals surface area contributed by atoms with Gasteiger partial charge in [-0.15, -0.1) is 0 Å². The minimum Gasteiger partial charge on any atom is -0.490 e. The number of rotatable bonds is 4. The molecule has 0 spiro atoms. The molecular weight excluding hydrogens is 274 g/mol. The number of nitrogens with zero attached hydrogens (tertiary/aromatic N) is 2. The Balaban J connectivity index is 2.07. The number of ether oxygens (including phenoxy) is 1. The fraction of sp³-hybridized carbons (Fsp3) is 0.500. The molecule has 0 saturated carbocycles. The van der Waals surface area contributed by atoms with Gasteiger partial charge >= 0.3 is 11.7 Å². The maximum atomic E-state index is 12.1. The molecule has 1 fully saturated rings. The normalized spacial score (nSPS) is 17.6. The molecule has 1 atom stereocenters. The second-order valence-corrected chi connectivity index (χ2v) is 5.08. The quantitative estimate of drug-likeness (QED) is 0.683. The molecule has 1 aliphatic rings. The lowest BCUT2D eigenvalue weighted by Crippen LogP contribution is -2.32. The van der Waals surface area contributed by atoms with Crippen LogP contribution in [-0.4, -0.2) is 36.1 Å². The fourth-order valence-corrected chi connectivity index (χ4v) is 2.46. The third-order valence-electron chi connectivity index (χ3n) is 3.78. The van der Waals surface area contributed by atoms with E-state index >= 15 is 0 Å². The van der Waals surface area contributed by atoms with Gasteiger partial charge in [-0.05, 0) is 24.5 Å². The number of benzene rings is 1. The summed E-state index contributed by atoms with van der Waals surface area (Å²) < 4.78 is 4.93. The van der Waals surface area contributed by atoms with Gasteiger partial charge in [-0.25, -0.2) is 4.79 Å². The number of hydrogen-bond donors (Lipinski definition) is 1. The highest BCUT2D eigenvalue weighted by molar-refractivity contribution is 5.90. The smallest absolute Gasteiger partial charge is 0.321 e. The molecule has 1 saturated heterocycles. The van der Waals surface area contributed by atoms with Gasteiger partial charge in [-0.1, -0.05) is 13.3 Å². The van der Waals surface area contributed by atoms with E-state index in [1.54, 1.807) is 11.0 Å². The molecule has 7 nitrogen and oxygen atoms in total. The highest BCUT2D eigenvalue weighted by Crippen LogP contribution is 2.30. The second kappa shape index (κ2) is 6.43. The average Bonchev–Trinajstić information content (AvgIpc) is 2.96. The van der Waals surface area contributed by atoms with Crippen LogP contribution in [0.25, 0.3) is 0 Å². The van der Waals surface area contributed by atoms with Gasteiger partial charge in [0.05, 0.1) is 12.0 Å². The van der Waals surface area contributed by atoms with Crippen molar-refractivity contribution in [3.8, 4) is 5.75 Å². The number of nitro benzene ring substituents is 1. The largest absolute Gasteiger partial charge is 0.490 e. The number of carbonyl (C=O) groups is 1. The zero-order valence-electron chi connectivity index (χ0n) is 12.2. The van der Waals surface area contributed by atoms with Crippen LogP contribution in [0, 0.1) is 16.0 Å². The molecule has 0 aliphatic carbocycles. The van der Waals surface area contributed by atoms with Gasteiger partial charge in [0.25, 0.3) is 0 Å². The molecule has 0 bridgehead atoms. The summed E-state index contributed by atoms with van der Waals surface area (Å²) in [5.41, 5.74) is 0.232. The predicted molar refractivity (Wildman–Crippen MR) is 78.6 cm³/mol. The average molecular weight is 293 g/mol. The van der Waals surface area contributed by atoms with Crippen molar-refractivity contribution in [1.29, 1.82) is 0 Å². The first kappa shape index (κ1) is 15.1. The Morgan fingerprint density at radius 1 is 1.57 bits per heavy atom. The zero-order chi connectivity index (χ0) is 15.4. The zero-order valence-corrected chi connectivity index (χ0v) is 12.2. The van der Waals surface area contributed by atoms with Gasteiger partial charge in [-0.2, -0.15) is 0 Å². The third-order valence-corrected chi connectivity index (χ3v) is 3.78. The van der Waals surface area contributed by atoms with Gasteiger partial charge in [0, 0.05) is 24.8 Å². The summed E-state index contributed by atoms with van der Waals surface area (Å²) in [6.07, 6.45) is 2.06. The number of nitro groups is 1. The van der Waals surface area contributed by atoms with Crippen molar-refractivity contribution < 1.29 is 14.5 Å². The van der Waals surface area contributed by atoms with Crippen LogP contribution in [0.3, 0.4) is 0 Å². The van der Waals surface area contributed by atoms with E-state index in [2.05, 4.69) is 12.2 Å². The first-order valence-corrected chi connectivity index (χ1v) is 6.93. The topological polar surface area (TPSA) is 84.7 Å². The molecule has 7 heteroatoms. The number of nitrogens with one attached hydrogen (secondary N) is 1. The van der Waals surface area contributed by atoms with Crippen molar-refractivity contribution in [2.45, 2.75) is 19.8 Å². The Labute approximate surface area is 123 Å².